The fraction of sp³-hybridized carbons (Fsp3) is 0.143. The molecule has 0 saturated carbocycles. The van der Waals surface area contributed by atoms with Crippen molar-refractivity contribution in [3.63, 3.8) is 0 Å². The maximum Gasteiger partial charge on any atom is 0.323 e. The monoisotopic (exact) mass is 452 g/mol. The summed E-state index contributed by atoms with van der Waals surface area (Å²) in [6.07, 6.45) is 3.84. The van der Waals surface area contributed by atoms with Gasteiger partial charge in [-0.05, 0) is 24.3 Å². The standard InChI is InChI=1S/C21H17BrN4O3/c1-2-19-24-17-8-7-14(22)9-16(17)21(29)26(19)23-10-13-11-25(12-20(27)28)18-6-4-3-5-15(13)18/h3-11H,2,12H2,1H3,(H,27,28). The molecule has 0 atom stereocenters. The van der Waals surface area contributed by atoms with Gasteiger partial charge < -0.3 is 9.67 Å². The molecule has 7 nitrogen and oxygen atoms in total. The van der Waals surface area contributed by atoms with Crippen molar-refractivity contribution in [3.05, 3.63) is 74.9 Å². The Morgan fingerprint density at radius 1 is 1.24 bits per heavy atom. The second-order valence-electron chi connectivity index (χ2n) is 6.53. The SMILES string of the molecule is CCc1nc2ccc(Br)cc2c(=O)n1N=Cc1cn(CC(=O)O)c2ccccc12. The Hall–Kier alpha value is -3.26. The van der Waals surface area contributed by atoms with E-state index in [0.29, 0.717) is 23.1 Å². The van der Waals surface area contributed by atoms with Crippen LogP contribution in [0, 0.1) is 0 Å². The van der Waals surface area contributed by atoms with Gasteiger partial charge in [0.1, 0.15) is 12.4 Å². The van der Waals surface area contributed by atoms with Gasteiger partial charge in [0.15, 0.2) is 0 Å². The fourth-order valence-corrected chi connectivity index (χ4v) is 3.68. The number of aromatic nitrogens is 3. The molecular weight excluding hydrogens is 436 g/mol. The van der Waals surface area contributed by atoms with E-state index in [1.54, 1.807) is 29.1 Å². The van der Waals surface area contributed by atoms with Crippen molar-refractivity contribution in [1.82, 2.24) is 14.2 Å². The molecule has 0 aliphatic rings. The van der Waals surface area contributed by atoms with Gasteiger partial charge in [0.05, 0.1) is 17.1 Å². The first kappa shape index (κ1) is 19.1. The second kappa shape index (κ2) is 7.63. The van der Waals surface area contributed by atoms with Crippen molar-refractivity contribution in [2.24, 2.45) is 5.10 Å². The average molecular weight is 453 g/mol. The van der Waals surface area contributed by atoms with E-state index in [1.807, 2.05) is 37.3 Å². The highest BCUT2D eigenvalue weighted by molar-refractivity contribution is 9.10. The lowest BCUT2D eigenvalue weighted by Crippen LogP contribution is -2.22. The Balaban J connectivity index is 1.86. The van der Waals surface area contributed by atoms with Crippen LogP contribution in [0.4, 0.5) is 0 Å². The number of aliphatic carboxylic acids is 1. The van der Waals surface area contributed by atoms with Crippen LogP contribution >= 0.6 is 15.9 Å². The van der Waals surface area contributed by atoms with E-state index in [9.17, 15) is 9.59 Å². The quantitative estimate of drug-likeness (QED) is 0.468. The molecule has 4 aromatic rings. The molecule has 2 aromatic heterocycles. The summed E-state index contributed by atoms with van der Waals surface area (Å²) in [5.41, 5.74) is 1.89. The zero-order valence-corrected chi connectivity index (χ0v) is 17.1. The molecule has 0 spiro atoms. The highest BCUT2D eigenvalue weighted by Gasteiger charge is 2.12. The molecule has 0 unspecified atom stereocenters. The van der Waals surface area contributed by atoms with Crippen LogP contribution in [0.25, 0.3) is 21.8 Å². The summed E-state index contributed by atoms with van der Waals surface area (Å²) in [6.45, 7) is 1.76. The van der Waals surface area contributed by atoms with Crippen molar-refractivity contribution in [2.75, 3.05) is 0 Å². The number of fused-ring (bicyclic) bond motifs is 2. The highest BCUT2D eigenvalue weighted by atomic mass is 79.9. The second-order valence-corrected chi connectivity index (χ2v) is 7.44. The van der Waals surface area contributed by atoms with Crippen LogP contribution in [-0.4, -0.2) is 31.5 Å². The summed E-state index contributed by atoms with van der Waals surface area (Å²) in [6, 6.07) is 12.9. The Morgan fingerprint density at radius 3 is 2.79 bits per heavy atom. The summed E-state index contributed by atoms with van der Waals surface area (Å²) in [4.78, 5) is 28.7. The topological polar surface area (TPSA) is 89.5 Å². The van der Waals surface area contributed by atoms with Gasteiger partial charge >= 0.3 is 5.97 Å². The number of para-hydroxylation sites is 1. The number of halogens is 1. The minimum Gasteiger partial charge on any atom is -0.480 e. The maximum atomic E-state index is 13.0. The van der Waals surface area contributed by atoms with E-state index in [4.69, 9.17) is 5.11 Å². The maximum absolute atomic E-state index is 13.0. The van der Waals surface area contributed by atoms with Gasteiger partial charge in [-0.1, -0.05) is 41.1 Å². The molecule has 1 N–H and O–H groups in total. The molecule has 2 heterocycles. The lowest BCUT2D eigenvalue weighted by Gasteiger charge is -2.07. The van der Waals surface area contributed by atoms with E-state index in [-0.39, 0.29) is 12.1 Å². The lowest BCUT2D eigenvalue weighted by atomic mass is 10.2. The minimum atomic E-state index is -0.928. The number of aryl methyl sites for hydroxylation is 1. The summed E-state index contributed by atoms with van der Waals surface area (Å²) < 4.78 is 3.75. The molecule has 0 aliphatic carbocycles. The molecule has 0 amide bonds. The van der Waals surface area contributed by atoms with E-state index in [2.05, 4.69) is 26.0 Å². The molecule has 0 fully saturated rings. The van der Waals surface area contributed by atoms with Crippen LogP contribution < -0.4 is 5.56 Å². The third kappa shape index (κ3) is 3.58. The molecule has 2 aromatic carbocycles. The van der Waals surface area contributed by atoms with Crippen LogP contribution in [0.3, 0.4) is 0 Å². The van der Waals surface area contributed by atoms with Crippen LogP contribution in [0.2, 0.25) is 0 Å². The first-order valence-electron chi connectivity index (χ1n) is 9.03. The number of rotatable bonds is 5. The van der Waals surface area contributed by atoms with Gasteiger partial charge in [0, 0.05) is 33.6 Å². The molecule has 8 heteroatoms. The van der Waals surface area contributed by atoms with E-state index in [0.717, 1.165) is 20.9 Å². The third-order valence-corrected chi connectivity index (χ3v) is 5.12. The fourth-order valence-electron chi connectivity index (χ4n) is 3.32. The normalized spacial score (nSPS) is 11.7. The van der Waals surface area contributed by atoms with Crippen molar-refractivity contribution >= 4 is 49.9 Å². The van der Waals surface area contributed by atoms with Crippen molar-refractivity contribution in [3.8, 4) is 0 Å². The van der Waals surface area contributed by atoms with Crippen LogP contribution in [0.5, 0.6) is 0 Å². The molecule has 4 rings (SSSR count). The highest BCUT2D eigenvalue weighted by Crippen LogP contribution is 2.20. The van der Waals surface area contributed by atoms with Crippen molar-refractivity contribution < 1.29 is 9.90 Å². The first-order valence-corrected chi connectivity index (χ1v) is 9.82. The lowest BCUT2D eigenvalue weighted by molar-refractivity contribution is -0.137. The Bertz CT molecular complexity index is 1340. The number of nitrogens with zero attached hydrogens (tertiary/aromatic N) is 4. The molecule has 0 aliphatic heterocycles. The number of carboxylic acids is 1. The van der Waals surface area contributed by atoms with E-state index in [1.165, 1.54) is 4.68 Å². The van der Waals surface area contributed by atoms with Gasteiger partial charge in [0.2, 0.25) is 0 Å². The molecular formula is C21H17BrN4O3. The molecule has 0 radical (unpaired) electrons. The smallest absolute Gasteiger partial charge is 0.323 e. The Kier molecular flexibility index (Phi) is 5.02. The molecule has 0 bridgehead atoms. The Morgan fingerprint density at radius 2 is 2.03 bits per heavy atom. The largest absolute Gasteiger partial charge is 0.480 e. The molecule has 146 valence electrons. The van der Waals surface area contributed by atoms with Crippen molar-refractivity contribution in [1.29, 1.82) is 0 Å². The zero-order valence-electron chi connectivity index (χ0n) is 15.5. The Labute approximate surface area is 174 Å². The van der Waals surface area contributed by atoms with Gasteiger partial charge in [-0.2, -0.15) is 9.78 Å². The molecule has 29 heavy (non-hydrogen) atoms. The molecule has 0 saturated heterocycles. The average Bonchev–Trinajstić information content (AvgIpc) is 3.04. The third-order valence-electron chi connectivity index (χ3n) is 4.63. The summed E-state index contributed by atoms with van der Waals surface area (Å²) in [5.74, 6) is -0.376. The minimum absolute atomic E-state index is 0.153. The van der Waals surface area contributed by atoms with Gasteiger partial charge in [-0.15, -0.1) is 0 Å². The number of hydrogen-bond acceptors (Lipinski definition) is 4. The predicted molar refractivity (Wildman–Crippen MR) is 116 cm³/mol. The summed E-state index contributed by atoms with van der Waals surface area (Å²) >= 11 is 3.39. The first-order chi connectivity index (χ1) is 14.0. The predicted octanol–water partition coefficient (Wildman–Crippen LogP) is 3.64. The van der Waals surface area contributed by atoms with Crippen molar-refractivity contribution in [2.45, 2.75) is 19.9 Å². The summed E-state index contributed by atoms with van der Waals surface area (Å²) in [7, 11) is 0. The number of carbonyl (C=O) groups is 1. The van der Waals surface area contributed by atoms with Crippen LogP contribution in [-0.2, 0) is 17.8 Å². The van der Waals surface area contributed by atoms with Gasteiger partial charge in [-0.3, -0.25) is 9.59 Å². The number of carboxylic acid groups (broad SMARTS) is 1. The van der Waals surface area contributed by atoms with E-state index >= 15 is 0 Å². The van der Waals surface area contributed by atoms with E-state index < -0.39 is 5.97 Å². The number of benzene rings is 2. The zero-order chi connectivity index (χ0) is 20.5. The van der Waals surface area contributed by atoms with Crippen LogP contribution in [0.1, 0.15) is 18.3 Å². The number of hydrogen-bond donors (Lipinski definition) is 1. The van der Waals surface area contributed by atoms with Gasteiger partial charge in [-0.25, -0.2) is 4.98 Å². The van der Waals surface area contributed by atoms with Crippen LogP contribution in [0.15, 0.2) is 63.0 Å². The summed E-state index contributed by atoms with van der Waals surface area (Å²) in [5, 5.41) is 14.9. The van der Waals surface area contributed by atoms with Gasteiger partial charge in [0.25, 0.3) is 5.56 Å².